The minimum atomic E-state index is -1.25. The van der Waals surface area contributed by atoms with E-state index in [0.29, 0.717) is 37.5 Å². The van der Waals surface area contributed by atoms with Gasteiger partial charge in [0.2, 0.25) is 0 Å². The van der Waals surface area contributed by atoms with Crippen molar-refractivity contribution in [2.75, 3.05) is 13.2 Å². The van der Waals surface area contributed by atoms with Gasteiger partial charge in [0, 0.05) is 35.6 Å². The molecule has 3 rings (SSSR count). The van der Waals surface area contributed by atoms with Crippen molar-refractivity contribution in [2.45, 2.75) is 66.1 Å². The minimum absolute atomic E-state index is 0.265. The molecular weight excluding hydrogens is 453 g/mol. The first-order valence-electron chi connectivity index (χ1n) is 11.5. The Labute approximate surface area is 201 Å². The summed E-state index contributed by atoms with van der Waals surface area (Å²) in [6.45, 7) is 11.8. The highest BCUT2D eigenvalue weighted by Gasteiger charge is 2.26. The maximum absolute atomic E-state index is 11.7. The fourth-order valence-electron chi connectivity index (χ4n) is 3.71. The van der Waals surface area contributed by atoms with Gasteiger partial charge >= 0.3 is 5.63 Å². The number of nitriles is 1. The quantitative estimate of drug-likeness (QED) is 0.199. The fraction of sp³-hybridized carbons (Fsp3) is 0.500. The highest BCUT2D eigenvalue weighted by Crippen LogP contribution is 2.46. The molecule has 0 fully saturated rings. The summed E-state index contributed by atoms with van der Waals surface area (Å²) in [4.78, 5) is 11.7. The van der Waals surface area contributed by atoms with Gasteiger partial charge in [0.1, 0.15) is 11.3 Å². The molecule has 1 aromatic carbocycles. The maximum Gasteiger partial charge on any atom is 0.336 e. The van der Waals surface area contributed by atoms with Gasteiger partial charge in [-0.1, -0.05) is 17.3 Å². The molecule has 1 atom stereocenters. The van der Waals surface area contributed by atoms with E-state index in [1.165, 1.54) is 6.07 Å². The third kappa shape index (κ3) is 6.71. The van der Waals surface area contributed by atoms with E-state index in [9.17, 15) is 4.79 Å². The Morgan fingerprint density at radius 3 is 2.62 bits per heavy atom. The summed E-state index contributed by atoms with van der Waals surface area (Å²) in [5.74, 6) is 0. The van der Waals surface area contributed by atoms with Crippen molar-refractivity contribution < 1.29 is 13.5 Å². The van der Waals surface area contributed by atoms with Crippen molar-refractivity contribution in [3.63, 3.8) is 0 Å². The van der Waals surface area contributed by atoms with Crippen molar-refractivity contribution in [1.82, 2.24) is 19.7 Å². The highest BCUT2D eigenvalue weighted by molar-refractivity contribution is 7.44. The minimum Gasteiger partial charge on any atom is -0.423 e. The van der Waals surface area contributed by atoms with Gasteiger partial charge in [0.15, 0.2) is 0 Å². The van der Waals surface area contributed by atoms with E-state index in [2.05, 4.69) is 48.7 Å². The van der Waals surface area contributed by atoms with Crippen LogP contribution in [0.15, 0.2) is 39.7 Å². The summed E-state index contributed by atoms with van der Waals surface area (Å²) in [6.07, 6.45) is 2.95. The third-order valence-electron chi connectivity index (χ3n) is 5.18. The van der Waals surface area contributed by atoms with Gasteiger partial charge in [-0.05, 0) is 52.7 Å². The van der Waals surface area contributed by atoms with Crippen molar-refractivity contribution in [3.05, 3.63) is 46.4 Å². The monoisotopic (exact) mass is 485 g/mol. The van der Waals surface area contributed by atoms with Crippen LogP contribution in [-0.4, -0.2) is 45.0 Å². The van der Waals surface area contributed by atoms with Gasteiger partial charge in [0.25, 0.3) is 8.53 Å². The largest absolute Gasteiger partial charge is 0.423 e. The normalized spacial score (nSPS) is 12.7. The molecule has 10 heteroatoms. The van der Waals surface area contributed by atoms with Gasteiger partial charge in [-0.3, -0.25) is 4.68 Å². The molecule has 34 heavy (non-hydrogen) atoms. The lowest BCUT2D eigenvalue weighted by molar-refractivity contribution is 0.173. The predicted octanol–water partition coefficient (Wildman–Crippen LogP) is 5.04. The lowest BCUT2D eigenvalue weighted by atomic mass is 10.1. The second kappa shape index (κ2) is 12.2. The van der Waals surface area contributed by atoms with Crippen LogP contribution in [0.2, 0.25) is 0 Å². The van der Waals surface area contributed by atoms with Crippen LogP contribution in [0.4, 0.5) is 0 Å². The van der Waals surface area contributed by atoms with Crippen molar-refractivity contribution in [2.24, 2.45) is 0 Å². The van der Waals surface area contributed by atoms with E-state index in [1.54, 1.807) is 4.68 Å². The van der Waals surface area contributed by atoms with Crippen molar-refractivity contribution in [3.8, 4) is 17.3 Å². The number of benzene rings is 1. The number of nitrogens with zero attached hydrogens (tertiary/aromatic N) is 5. The van der Waals surface area contributed by atoms with Crippen LogP contribution in [0.3, 0.4) is 0 Å². The Morgan fingerprint density at radius 1 is 1.18 bits per heavy atom. The molecule has 0 spiro atoms. The molecular formula is C24H32N5O4P. The molecule has 0 aliphatic carbocycles. The maximum atomic E-state index is 11.7. The lowest BCUT2D eigenvalue weighted by Gasteiger charge is -2.35. The lowest BCUT2D eigenvalue weighted by Crippen LogP contribution is -2.33. The Bertz CT molecular complexity index is 1180. The summed E-state index contributed by atoms with van der Waals surface area (Å²) in [5, 5.41) is 18.2. The van der Waals surface area contributed by atoms with Crippen LogP contribution < -0.4 is 5.63 Å². The summed E-state index contributed by atoms with van der Waals surface area (Å²) in [5.41, 5.74) is 2.60. The number of fused-ring (bicyclic) bond motifs is 1. The smallest absolute Gasteiger partial charge is 0.336 e. The van der Waals surface area contributed by atoms with Crippen LogP contribution >= 0.6 is 8.53 Å². The molecule has 0 amide bonds. The first-order chi connectivity index (χ1) is 16.3. The number of rotatable bonds is 12. The average Bonchev–Trinajstić information content (AvgIpc) is 3.24. The number of hydrogen-bond acceptors (Lipinski definition) is 8. The van der Waals surface area contributed by atoms with E-state index < -0.39 is 8.53 Å². The number of hydrogen-bond donors (Lipinski definition) is 0. The Balaban J connectivity index is 1.60. The van der Waals surface area contributed by atoms with Crippen molar-refractivity contribution in [1.29, 1.82) is 5.26 Å². The molecule has 182 valence electrons. The second-order valence-electron chi connectivity index (χ2n) is 8.56. The van der Waals surface area contributed by atoms with Crippen LogP contribution in [-0.2, 0) is 15.6 Å². The summed E-state index contributed by atoms with van der Waals surface area (Å²) in [7, 11) is -1.25. The van der Waals surface area contributed by atoms with Gasteiger partial charge in [-0.2, -0.15) is 5.26 Å². The van der Waals surface area contributed by atoms with Gasteiger partial charge in [-0.15, -0.1) is 5.10 Å². The zero-order chi connectivity index (χ0) is 24.7. The highest BCUT2D eigenvalue weighted by atomic mass is 31.2. The molecule has 0 aliphatic heterocycles. The average molecular weight is 486 g/mol. The summed E-state index contributed by atoms with van der Waals surface area (Å²) >= 11 is 0. The molecule has 0 N–H and O–H groups in total. The van der Waals surface area contributed by atoms with Gasteiger partial charge in [0.05, 0.1) is 31.9 Å². The molecule has 0 saturated heterocycles. The van der Waals surface area contributed by atoms with Gasteiger partial charge in [-0.25, -0.2) is 9.46 Å². The first-order valence-corrected chi connectivity index (χ1v) is 12.6. The molecule has 9 nitrogen and oxygen atoms in total. The van der Waals surface area contributed by atoms with E-state index in [0.717, 1.165) is 22.9 Å². The Kier molecular flexibility index (Phi) is 9.31. The van der Waals surface area contributed by atoms with Crippen LogP contribution in [0.25, 0.3) is 22.2 Å². The molecule has 1 unspecified atom stereocenters. The fourth-order valence-corrected chi connectivity index (χ4v) is 5.33. The molecule has 0 saturated carbocycles. The van der Waals surface area contributed by atoms with Crippen LogP contribution in [0, 0.1) is 18.3 Å². The topological polar surface area (TPSA) is 106 Å². The first kappa shape index (κ1) is 26.0. The van der Waals surface area contributed by atoms with E-state index in [1.807, 2.05) is 31.3 Å². The number of aromatic nitrogens is 3. The van der Waals surface area contributed by atoms with E-state index in [-0.39, 0.29) is 17.7 Å². The van der Waals surface area contributed by atoms with E-state index in [4.69, 9.17) is 18.7 Å². The summed E-state index contributed by atoms with van der Waals surface area (Å²) < 4.78 is 21.4. The van der Waals surface area contributed by atoms with Crippen molar-refractivity contribution >= 4 is 19.5 Å². The zero-order valence-corrected chi connectivity index (χ0v) is 21.3. The van der Waals surface area contributed by atoms with Gasteiger partial charge < -0.3 is 13.5 Å². The molecule has 2 heterocycles. The molecule has 3 aromatic rings. The molecule has 2 aromatic heterocycles. The van der Waals surface area contributed by atoms with Crippen LogP contribution in [0.1, 0.15) is 46.1 Å². The standard InChI is InChI=1S/C24H32N5O4P/c1-17(2)29(18(3)4)34(31-12-6-10-25)32-13-7-11-28-16-22(26-27-28)20-8-9-21-19(5)14-24(30)33-23(21)15-20/h8-9,14-18H,6-7,11-13H2,1-5H3. The molecule has 0 radical (unpaired) electrons. The Morgan fingerprint density at radius 2 is 1.91 bits per heavy atom. The third-order valence-corrected chi connectivity index (χ3v) is 7.29. The summed E-state index contributed by atoms with van der Waals surface area (Å²) in [6, 6.07) is 9.83. The molecule has 0 bridgehead atoms. The number of aryl methyl sites for hydroxylation is 2. The van der Waals surface area contributed by atoms with Crippen LogP contribution in [0.5, 0.6) is 0 Å². The predicted molar refractivity (Wildman–Crippen MR) is 132 cm³/mol. The zero-order valence-electron chi connectivity index (χ0n) is 20.4. The second-order valence-corrected chi connectivity index (χ2v) is 10.0. The van der Waals surface area contributed by atoms with E-state index >= 15 is 0 Å². The molecule has 0 aliphatic rings. The Hall–Kier alpha value is -2.63. The SMILES string of the molecule is Cc1cc(=O)oc2cc(-c3cn(CCCOP(OCCC#N)N(C(C)C)C(C)C)nn3)ccc12.